The molecule has 6 nitrogen and oxygen atoms in total. The van der Waals surface area contributed by atoms with Crippen molar-refractivity contribution in [3.05, 3.63) is 52.8 Å². The van der Waals surface area contributed by atoms with E-state index in [9.17, 15) is 9.59 Å². The van der Waals surface area contributed by atoms with Crippen LogP contribution in [0.25, 0.3) is 0 Å². The molecule has 0 fully saturated rings. The summed E-state index contributed by atoms with van der Waals surface area (Å²) >= 11 is 6.16. The smallest absolute Gasteiger partial charge is 0.307 e. The molecule has 0 saturated heterocycles. The molecule has 0 bridgehead atoms. The number of hydrogen-bond donors (Lipinski definition) is 1. The van der Waals surface area contributed by atoms with Crippen LogP contribution in [0.15, 0.2) is 36.7 Å². The fraction of sp³-hybridized carbons (Fsp3) is 0.267. The van der Waals surface area contributed by atoms with Crippen LogP contribution in [0.2, 0.25) is 5.02 Å². The van der Waals surface area contributed by atoms with Gasteiger partial charge in [-0.1, -0.05) is 29.8 Å². The predicted molar refractivity (Wildman–Crippen MR) is 81.5 cm³/mol. The van der Waals surface area contributed by atoms with E-state index in [0.29, 0.717) is 16.1 Å². The van der Waals surface area contributed by atoms with Crippen molar-refractivity contribution in [3.8, 4) is 0 Å². The van der Waals surface area contributed by atoms with Gasteiger partial charge >= 0.3 is 5.97 Å². The highest BCUT2D eigenvalue weighted by molar-refractivity contribution is 6.31. The molecule has 7 heteroatoms. The Balaban J connectivity index is 2.23. The van der Waals surface area contributed by atoms with Gasteiger partial charge in [-0.3, -0.25) is 14.3 Å². The highest BCUT2D eigenvalue weighted by atomic mass is 35.5. The van der Waals surface area contributed by atoms with E-state index in [-0.39, 0.29) is 12.3 Å². The lowest BCUT2D eigenvalue weighted by Gasteiger charge is -2.19. The molecule has 1 heterocycles. The number of benzene rings is 1. The second kappa shape index (κ2) is 7.09. The number of halogens is 1. The molecule has 1 atom stereocenters. The van der Waals surface area contributed by atoms with E-state index in [2.05, 4.69) is 15.2 Å². The van der Waals surface area contributed by atoms with E-state index >= 15 is 0 Å². The van der Waals surface area contributed by atoms with E-state index in [0.717, 1.165) is 0 Å². The zero-order chi connectivity index (χ0) is 16.1. The van der Waals surface area contributed by atoms with Gasteiger partial charge in [0.15, 0.2) is 0 Å². The monoisotopic (exact) mass is 321 g/mol. The summed E-state index contributed by atoms with van der Waals surface area (Å²) in [5.74, 6) is -0.765. The number of rotatable bonds is 5. The van der Waals surface area contributed by atoms with Crippen molar-refractivity contribution in [3.63, 3.8) is 0 Å². The molecule has 0 spiro atoms. The topological polar surface area (TPSA) is 73.2 Å². The molecule has 1 aromatic heterocycles. The van der Waals surface area contributed by atoms with Gasteiger partial charge in [0, 0.05) is 18.3 Å². The average molecular weight is 322 g/mol. The zero-order valence-corrected chi connectivity index (χ0v) is 13.0. The second-order valence-electron chi connectivity index (χ2n) is 4.73. The van der Waals surface area contributed by atoms with Gasteiger partial charge in [-0.2, -0.15) is 5.10 Å². The second-order valence-corrected chi connectivity index (χ2v) is 5.14. The van der Waals surface area contributed by atoms with E-state index in [1.165, 1.54) is 18.0 Å². The van der Waals surface area contributed by atoms with Crippen LogP contribution < -0.4 is 5.32 Å². The maximum Gasteiger partial charge on any atom is 0.307 e. The quantitative estimate of drug-likeness (QED) is 0.856. The Morgan fingerprint density at radius 2 is 2.14 bits per heavy atom. The minimum atomic E-state index is -0.575. The van der Waals surface area contributed by atoms with Gasteiger partial charge in [0.05, 0.1) is 31.3 Å². The zero-order valence-electron chi connectivity index (χ0n) is 12.2. The Morgan fingerprint density at radius 3 is 2.73 bits per heavy atom. The molecule has 0 radical (unpaired) electrons. The van der Waals surface area contributed by atoms with Crippen molar-refractivity contribution in [2.45, 2.75) is 12.5 Å². The van der Waals surface area contributed by atoms with Gasteiger partial charge in [-0.05, 0) is 11.6 Å². The lowest BCUT2D eigenvalue weighted by Crippen LogP contribution is -2.30. The van der Waals surface area contributed by atoms with Crippen LogP contribution >= 0.6 is 11.6 Å². The number of nitrogens with zero attached hydrogens (tertiary/aromatic N) is 2. The van der Waals surface area contributed by atoms with Crippen LogP contribution in [-0.2, 0) is 16.6 Å². The van der Waals surface area contributed by atoms with Gasteiger partial charge in [-0.15, -0.1) is 0 Å². The number of esters is 1. The number of carbonyl (C=O) groups is 2. The van der Waals surface area contributed by atoms with E-state index in [4.69, 9.17) is 11.6 Å². The van der Waals surface area contributed by atoms with Crippen molar-refractivity contribution in [1.29, 1.82) is 0 Å². The van der Waals surface area contributed by atoms with Crippen LogP contribution in [0.1, 0.15) is 28.4 Å². The first kappa shape index (κ1) is 16.0. The molecule has 0 saturated carbocycles. The summed E-state index contributed by atoms with van der Waals surface area (Å²) in [4.78, 5) is 23.9. The largest absolute Gasteiger partial charge is 0.469 e. The summed E-state index contributed by atoms with van der Waals surface area (Å²) in [6, 6.07) is 6.47. The maximum atomic E-state index is 12.3. The summed E-state index contributed by atoms with van der Waals surface area (Å²) in [6.07, 6.45) is 3.04. The van der Waals surface area contributed by atoms with Crippen LogP contribution in [0, 0.1) is 0 Å². The van der Waals surface area contributed by atoms with Crippen molar-refractivity contribution in [2.75, 3.05) is 7.11 Å². The highest BCUT2D eigenvalue weighted by Gasteiger charge is 2.22. The lowest BCUT2D eigenvalue weighted by molar-refractivity contribution is -0.141. The number of aryl methyl sites for hydroxylation is 1. The Bertz CT molecular complexity index is 684. The molecule has 0 unspecified atom stereocenters. The Labute approximate surface area is 133 Å². The summed E-state index contributed by atoms with van der Waals surface area (Å²) < 4.78 is 6.21. The van der Waals surface area contributed by atoms with Gasteiger partial charge in [0.1, 0.15) is 0 Å². The van der Waals surface area contributed by atoms with Crippen LogP contribution in [-0.4, -0.2) is 28.8 Å². The van der Waals surface area contributed by atoms with Gasteiger partial charge in [0.25, 0.3) is 5.91 Å². The van der Waals surface area contributed by atoms with Crippen LogP contribution in [0.4, 0.5) is 0 Å². The average Bonchev–Trinajstić information content (AvgIpc) is 2.93. The first-order valence-electron chi connectivity index (χ1n) is 6.62. The molecule has 1 amide bonds. The molecule has 0 aliphatic rings. The van der Waals surface area contributed by atoms with Gasteiger partial charge in [0.2, 0.25) is 0 Å². The number of aromatic nitrogens is 2. The Kier molecular flexibility index (Phi) is 5.16. The predicted octanol–water partition coefficient (Wildman–Crippen LogP) is 2.11. The summed E-state index contributed by atoms with van der Waals surface area (Å²) in [5.41, 5.74) is 1.07. The minimum Gasteiger partial charge on any atom is -0.469 e. The third kappa shape index (κ3) is 3.85. The number of carbonyl (C=O) groups excluding carboxylic acids is 2. The first-order chi connectivity index (χ1) is 10.5. The number of methoxy groups -OCH3 is 1. The van der Waals surface area contributed by atoms with Crippen molar-refractivity contribution in [1.82, 2.24) is 15.1 Å². The Hall–Kier alpha value is -2.34. The molecule has 1 aromatic carbocycles. The highest BCUT2D eigenvalue weighted by Crippen LogP contribution is 2.25. The van der Waals surface area contributed by atoms with E-state index < -0.39 is 12.0 Å². The molecule has 2 aromatic rings. The van der Waals surface area contributed by atoms with E-state index in [1.807, 2.05) is 0 Å². The number of ether oxygens (including phenoxy) is 1. The molecule has 2 rings (SSSR count). The number of nitrogens with one attached hydrogen (secondary N) is 1. The van der Waals surface area contributed by atoms with E-state index in [1.54, 1.807) is 37.5 Å². The van der Waals surface area contributed by atoms with Crippen LogP contribution in [0.3, 0.4) is 0 Å². The minimum absolute atomic E-state index is 0.00770. The van der Waals surface area contributed by atoms with Crippen molar-refractivity contribution >= 4 is 23.5 Å². The fourth-order valence-corrected chi connectivity index (χ4v) is 2.29. The normalized spacial score (nSPS) is 11.8. The third-order valence-electron chi connectivity index (χ3n) is 3.15. The van der Waals surface area contributed by atoms with Crippen molar-refractivity contribution < 1.29 is 14.3 Å². The standard InChI is InChI=1S/C15H16ClN3O3/c1-19-9-10(8-17-19)15(21)18-13(7-14(20)22-2)11-5-3-4-6-12(11)16/h3-6,8-9,13H,7H2,1-2H3,(H,18,21)/t13-/m0/s1. The molecule has 0 aliphatic carbocycles. The molecular weight excluding hydrogens is 306 g/mol. The number of amides is 1. The molecule has 22 heavy (non-hydrogen) atoms. The first-order valence-corrected chi connectivity index (χ1v) is 7.00. The molecular formula is C15H16ClN3O3. The maximum absolute atomic E-state index is 12.3. The summed E-state index contributed by atoms with van der Waals surface area (Å²) in [6.45, 7) is 0. The fourth-order valence-electron chi connectivity index (χ4n) is 2.03. The summed E-state index contributed by atoms with van der Waals surface area (Å²) in [5, 5.41) is 7.22. The summed E-state index contributed by atoms with van der Waals surface area (Å²) in [7, 11) is 3.02. The van der Waals surface area contributed by atoms with Gasteiger partial charge in [-0.25, -0.2) is 0 Å². The molecule has 116 valence electrons. The lowest BCUT2D eigenvalue weighted by atomic mass is 10.0. The SMILES string of the molecule is COC(=O)C[C@H](NC(=O)c1cnn(C)c1)c1ccccc1Cl. The number of hydrogen-bond acceptors (Lipinski definition) is 4. The van der Waals surface area contributed by atoms with Crippen molar-refractivity contribution in [2.24, 2.45) is 7.05 Å². The Morgan fingerprint density at radius 1 is 1.41 bits per heavy atom. The molecule has 0 aliphatic heterocycles. The van der Waals surface area contributed by atoms with Gasteiger partial charge < -0.3 is 10.1 Å². The molecule has 1 N–H and O–H groups in total. The van der Waals surface area contributed by atoms with Crippen LogP contribution in [0.5, 0.6) is 0 Å². The third-order valence-corrected chi connectivity index (χ3v) is 3.50.